The number of carbonyl (C=O) groups excluding carboxylic acids is 2. The Labute approximate surface area is 153 Å². The molecule has 3 rings (SSSR count). The van der Waals surface area contributed by atoms with Crippen molar-refractivity contribution in [1.29, 1.82) is 0 Å². The van der Waals surface area contributed by atoms with E-state index in [0.717, 1.165) is 4.47 Å². The predicted molar refractivity (Wildman–Crippen MR) is 94.4 cm³/mol. The summed E-state index contributed by atoms with van der Waals surface area (Å²) in [5.74, 6) is 1.42. The highest BCUT2D eigenvalue weighted by molar-refractivity contribution is 9.10. The Hall–Kier alpha value is -2.54. The van der Waals surface area contributed by atoms with Crippen LogP contribution in [0.1, 0.15) is 10.4 Å². The molecule has 0 saturated carbocycles. The number of hydrogen-bond acceptors (Lipinski definition) is 5. The second-order valence-electron chi connectivity index (χ2n) is 5.39. The zero-order chi connectivity index (χ0) is 17.6. The molecule has 6 nitrogen and oxygen atoms in total. The van der Waals surface area contributed by atoms with E-state index >= 15 is 0 Å². The minimum absolute atomic E-state index is 0.188. The lowest BCUT2D eigenvalue weighted by atomic mass is 10.2. The maximum Gasteiger partial charge on any atom is 0.258 e. The lowest BCUT2D eigenvalue weighted by Crippen LogP contribution is -2.42. The molecular formula is C18H16BrNO5. The summed E-state index contributed by atoms with van der Waals surface area (Å²) in [5, 5.41) is 2.74. The minimum atomic E-state index is -0.303. The van der Waals surface area contributed by atoms with Crippen LogP contribution in [0.5, 0.6) is 17.2 Å². The van der Waals surface area contributed by atoms with Crippen LogP contribution in [0.25, 0.3) is 0 Å². The van der Waals surface area contributed by atoms with E-state index in [1.807, 2.05) is 24.3 Å². The number of benzene rings is 2. The molecule has 1 heterocycles. The monoisotopic (exact) mass is 405 g/mol. The topological polar surface area (TPSA) is 73.9 Å². The van der Waals surface area contributed by atoms with Crippen molar-refractivity contribution in [2.24, 2.45) is 0 Å². The summed E-state index contributed by atoms with van der Waals surface area (Å²) in [5.41, 5.74) is 0.378. The van der Waals surface area contributed by atoms with Gasteiger partial charge in [-0.1, -0.05) is 28.1 Å². The lowest BCUT2D eigenvalue weighted by molar-refractivity contribution is -0.123. The third-order valence-corrected chi connectivity index (χ3v) is 4.05. The SMILES string of the molecule is O=Cc1cc(Br)ccc1OCC(=O)NCC1COc2ccccc2O1. The fraction of sp³-hybridized carbons (Fsp3) is 0.222. The number of fused-ring (bicyclic) bond motifs is 1. The molecule has 2 aromatic rings. The van der Waals surface area contributed by atoms with Crippen LogP contribution in [0.4, 0.5) is 0 Å². The maximum atomic E-state index is 11.9. The molecule has 1 N–H and O–H groups in total. The first-order chi connectivity index (χ1) is 12.2. The molecule has 0 aromatic heterocycles. The van der Waals surface area contributed by atoms with Gasteiger partial charge in [0.25, 0.3) is 5.91 Å². The highest BCUT2D eigenvalue weighted by atomic mass is 79.9. The van der Waals surface area contributed by atoms with Crippen LogP contribution in [0.3, 0.4) is 0 Å². The Morgan fingerprint density at radius 3 is 2.88 bits per heavy atom. The molecule has 1 unspecified atom stereocenters. The molecule has 1 atom stereocenters. The van der Waals surface area contributed by atoms with Crippen LogP contribution >= 0.6 is 15.9 Å². The summed E-state index contributed by atoms with van der Waals surface area (Å²) in [6.45, 7) is 0.476. The Balaban J connectivity index is 1.47. The Morgan fingerprint density at radius 1 is 1.28 bits per heavy atom. The van der Waals surface area contributed by atoms with Gasteiger partial charge in [0.15, 0.2) is 24.4 Å². The van der Waals surface area contributed by atoms with Crippen molar-refractivity contribution in [2.45, 2.75) is 6.10 Å². The lowest BCUT2D eigenvalue weighted by Gasteiger charge is -2.26. The zero-order valence-electron chi connectivity index (χ0n) is 13.2. The van der Waals surface area contributed by atoms with Crippen LogP contribution in [-0.4, -0.2) is 38.1 Å². The van der Waals surface area contributed by atoms with E-state index in [2.05, 4.69) is 21.2 Å². The molecule has 2 aromatic carbocycles. The number of nitrogens with one attached hydrogen (secondary N) is 1. The van der Waals surface area contributed by atoms with Crippen molar-refractivity contribution in [3.8, 4) is 17.2 Å². The fourth-order valence-electron chi connectivity index (χ4n) is 2.33. The third kappa shape index (κ3) is 4.51. The molecule has 0 aliphatic carbocycles. The maximum absolute atomic E-state index is 11.9. The average Bonchev–Trinajstić information content (AvgIpc) is 2.65. The summed E-state index contributed by atoms with van der Waals surface area (Å²) in [6.07, 6.45) is 0.417. The zero-order valence-corrected chi connectivity index (χ0v) is 14.8. The summed E-state index contributed by atoms with van der Waals surface area (Å²) >= 11 is 3.28. The summed E-state index contributed by atoms with van der Waals surface area (Å²) < 4.78 is 17.5. The highest BCUT2D eigenvalue weighted by Crippen LogP contribution is 2.30. The molecule has 0 fully saturated rings. The standard InChI is InChI=1S/C18H16BrNO5/c19-13-5-6-15(12(7-13)9-21)24-11-18(22)20-8-14-10-23-16-3-1-2-4-17(16)25-14/h1-7,9,14H,8,10-11H2,(H,20,22). The molecule has 0 radical (unpaired) electrons. The number of hydrogen-bond donors (Lipinski definition) is 1. The number of rotatable bonds is 6. The number of aldehydes is 1. The van der Waals surface area contributed by atoms with Gasteiger partial charge in [-0.25, -0.2) is 0 Å². The van der Waals surface area contributed by atoms with Crippen molar-refractivity contribution in [3.63, 3.8) is 0 Å². The minimum Gasteiger partial charge on any atom is -0.486 e. The number of para-hydroxylation sites is 2. The van der Waals surface area contributed by atoms with Gasteiger partial charge in [-0.05, 0) is 30.3 Å². The normalized spacial score (nSPS) is 15.3. The van der Waals surface area contributed by atoms with E-state index in [0.29, 0.717) is 42.2 Å². The van der Waals surface area contributed by atoms with Crippen LogP contribution in [0, 0.1) is 0 Å². The van der Waals surface area contributed by atoms with Gasteiger partial charge in [-0.3, -0.25) is 9.59 Å². The summed E-state index contributed by atoms with van der Waals surface area (Å²) in [7, 11) is 0. The first kappa shape index (κ1) is 17.3. The number of amides is 1. The van der Waals surface area contributed by atoms with E-state index in [-0.39, 0.29) is 18.6 Å². The summed E-state index contributed by atoms with van der Waals surface area (Å²) in [4.78, 5) is 23.0. The van der Waals surface area contributed by atoms with Crippen molar-refractivity contribution in [1.82, 2.24) is 5.32 Å². The predicted octanol–water partition coefficient (Wildman–Crippen LogP) is 2.60. The molecule has 7 heteroatoms. The average molecular weight is 406 g/mol. The second kappa shape index (κ2) is 8.02. The fourth-order valence-corrected chi connectivity index (χ4v) is 2.71. The van der Waals surface area contributed by atoms with Crippen molar-refractivity contribution >= 4 is 28.1 Å². The molecule has 0 spiro atoms. The number of ether oxygens (including phenoxy) is 3. The smallest absolute Gasteiger partial charge is 0.258 e. The van der Waals surface area contributed by atoms with Gasteiger partial charge >= 0.3 is 0 Å². The van der Waals surface area contributed by atoms with Gasteiger partial charge < -0.3 is 19.5 Å². The first-order valence-electron chi connectivity index (χ1n) is 7.68. The van der Waals surface area contributed by atoms with E-state index in [4.69, 9.17) is 14.2 Å². The second-order valence-corrected chi connectivity index (χ2v) is 6.31. The Morgan fingerprint density at radius 2 is 2.08 bits per heavy atom. The van der Waals surface area contributed by atoms with E-state index in [1.54, 1.807) is 18.2 Å². The molecule has 0 bridgehead atoms. The Bertz CT molecular complexity index is 780. The van der Waals surface area contributed by atoms with E-state index in [1.165, 1.54) is 0 Å². The van der Waals surface area contributed by atoms with E-state index < -0.39 is 0 Å². The highest BCUT2D eigenvalue weighted by Gasteiger charge is 2.21. The van der Waals surface area contributed by atoms with Gasteiger partial charge in [0.05, 0.1) is 12.1 Å². The van der Waals surface area contributed by atoms with Gasteiger partial charge in [0.2, 0.25) is 0 Å². The van der Waals surface area contributed by atoms with Crippen LogP contribution < -0.4 is 19.5 Å². The Kier molecular flexibility index (Phi) is 5.55. The largest absolute Gasteiger partial charge is 0.486 e. The van der Waals surface area contributed by atoms with Gasteiger partial charge in [0.1, 0.15) is 18.5 Å². The van der Waals surface area contributed by atoms with Gasteiger partial charge in [0, 0.05) is 4.47 Å². The van der Waals surface area contributed by atoms with E-state index in [9.17, 15) is 9.59 Å². The molecule has 0 saturated heterocycles. The first-order valence-corrected chi connectivity index (χ1v) is 8.47. The summed E-state index contributed by atoms with van der Waals surface area (Å²) in [6, 6.07) is 12.4. The van der Waals surface area contributed by atoms with Crippen molar-refractivity contribution < 1.29 is 23.8 Å². The van der Waals surface area contributed by atoms with Gasteiger partial charge in [-0.2, -0.15) is 0 Å². The van der Waals surface area contributed by atoms with Crippen LogP contribution in [0.2, 0.25) is 0 Å². The van der Waals surface area contributed by atoms with Crippen LogP contribution in [-0.2, 0) is 4.79 Å². The molecule has 1 aliphatic heterocycles. The third-order valence-electron chi connectivity index (χ3n) is 3.55. The van der Waals surface area contributed by atoms with Crippen LogP contribution in [0.15, 0.2) is 46.9 Å². The quantitative estimate of drug-likeness (QED) is 0.747. The molecule has 25 heavy (non-hydrogen) atoms. The molecule has 130 valence electrons. The van der Waals surface area contributed by atoms with Gasteiger partial charge in [-0.15, -0.1) is 0 Å². The molecule has 1 aliphatic rings. The van der Waals surface area contributed by atoms with Crippen molar-refractivity contribution in [2.75, 3.05) is 19.8 Å². The van der Waals surface area contributed by atoms with Crippen molar-refractivity contribution in [3.05, 3.63) is 52.5 Å². The number of halogens is 1. The molecular weight excluding hydrogens is 390 g/mol. The molecule has 1 amide bonds. The number of carbonyl (C=O) groups is 2.